The van der Waals surface area contributed by atoms with E-state index in [0.29, 0.717) is 46.6 Å². The summed E-state index contributed by atoms with van der Waals surface area (Å²) in [5, 5.41) is 1.51. The Morgan fingerprint density at radius 2 is 1.65 bits per heavy atom. The minimum absolute atomic E-state index is 0.120. The lowest BCUT2D eigenvalue weighted by Crippen LogP contribution is -2.41. The fourth-order valence-corrected chi connectivity index (χ4v) is 5.56. The zero-order valence-electron chi connectivity index (χ0n) is 23.8. The van der Waals surface area contributed by atoms with Crippen molar-refractivity contribution in [3.8, 4) is 16.9 Å². The van der Waals surface area contributed by atoms with Crippen LogP contribution in [0.25, 0.3) is 33.1 Å². The molecule has 0 aliphatic rings. The van der Waals surface area contributed by atoms with Crippen LogP contribution in [-0.2, 0) is 4.43 Å². The molecule has 40 heavy (non-hydrogen) atoms. The molecule has 0 fully saturated rings. The summed E-state index contributed by atoms with van der Waals surface area (Å²) >= 11 is 0. The molecule has 0 aliphatic heterocycles. The van der Waals surface area contributed by atoms with Crippen LogP contribution in [0.3, 0.4) is 0 Å². The van der Waals surface area contributed by atoms with Gasteiger partial charge in [0.1, 0.15) is 23.5 Å². The standard InChI is InChI=1S/C33H34O6Si/c1-21-19-27(34)39-31-25(21)15-16-26-29(31)28(22-11-8-7-9-12-22)32(38-26)30(35)23-13-10-14-24(20-23)36-17-18-37-40(5,6)33(2,3)4/h7-16,19-20H,17-18H2,1-6H3. The number of carbonyl (C=O) groups excluding carboxylic acids is 1. The van der Waals surface area contributed by atoms with E-state index in [0.717, 1.165) is 16.5 Å². The monoisotopic (exact) mass is 554 g/mol. The summed E-state index contributed by atoms with van der Waals surface area (Å²) in [5.74, 6) is 0.464. The molecule has 7 heteroatoms. The maximum absolute atomic E-state index is 13.9. The molecule has 0 spiro atoms. The van der Waals surface area contributed by atoms with Gasteiger partial charge in [0.05, 0.1) is 12.0 Å². The highest BCUT2D eigenvalue weighted by atomic mass is 28.4. The number of furan rings is 1. The number of aryl methyl sites for hydroxylation is 1. The zero-order chi connectivity index (χ0) is 28.7. The number of ketones is 1. The van der Waals surface area contributed by atoms with Gasteiger partial charge in [-0.3, -0.25) is 4.79 Å². The third-order valence-electron chi connectivity index (χ3n) is 7.76. The first-order chi connectivity index (χ1) is 19.0. The van der Waals surface area contributed by atoms with Crippen molar-refractivity contribution in [3.05, 3.63) is 100 Å². The first-order valence-electron chi connectivity index (χ1n) is 13.4. The Kier molecular flexibility index (Phi) is 7.29. The zero-order valence-corrected chi connectivity index (χ0v) is 24.8. The predicted molar refractivity (Wildman–Crippen MR) is 161 cm³/mol. The maximum atomic E-state index is 13.9. The van der Waals surface area contributed by atoms with Crippen LogP contribution in [0.5, 0.6) is 5.75 Å². The molecule has 5 aromatic rings. The molecule has 2 aromatic heterocycles. The summed E-state index contributed by atoms with van der Waals surface area (Å²) in [6, 6.07) is 21.7. The second-order valence-corrected chi connectivity index (χ2v) is 16.4. The minimum Gasteiger partial charge on any atom is -0.491 e. The molecule has 206 valence electrons. The van der Waals surface area contributed by atoms with Crippen molar-refractivity contribution in [1.82, 2.24) is 0 Å². The Morgan fingerprint density at radius 3 is 2.38 bits per heavy atom. The molecule has 0 aliphatic carbocycles. The topological polar surface area (TPSA) is 78.9 Å². The molecule has 2 heterocycles. The third kappa shape index (κ3) is 5.27. The highest BCUT2D eigenvalue weighted by Gasteiger charge is 2.37. The van der Waals surface area contributed by atoms with E-state index in [1.807, 2.05) is 55.5 Å². The Hall–Kier alpha value is -3.94. The van der Waals surface area contributed by atoms with Gasteiger partial charge in [-0.2, -0.15) is 0 Å². The Balaban J connectivity index is 1.51. The summed E-state index contributed by atoms with van der Waals surface area (Å²) in [6.45, 7) is 13.8. The van der Waals surface area contributed by atoms with E-state index < -0.39 is 13.9 Å². The average molecular weight is 555 g/mol. The van der Waals surface area contributed by atoms with Gasteiger partial charge in [0, 0.05) is 22.6 Å². The fraction of sp³-hybridized carbons (Fsp3) is 0.273. The van der Waals surface area contributed by atoms with E-state index in [-0.39, 0.29) is 16.6 Å². The summed E-state index contributed by atoms with van der Waals surface area (Å²) in [4.78, 5) is 26.3. The molecule has 0 saturated carbocycles. The predicted octanol–water partition coefficient (Wildman–Crippen LogP) is 8.15. The first-order valence-corrected chi connectivity index (χ1v) is 16.3. The second-order valence-electron chi connectivity index (χ2n) is 11.6. The number of rotatable bonds is 8. The fourth-order valence-electron chi connectivity index (χ4n) is 4.53. The van der Waals surface area contributed by atoms with E-state index in [4.69, 9.17) is 18.0 Å². The van der Waals surface area contributed by atoms with Gasteiger partial charge in [-0.25, -0.2) is 4.79 Å². The highest BCUT2D eigenvalue weighted by molar-refractivity contribution is 6.74. The lowest BCUT2D eigenvalue weighted by Gasteiger charge is -2.36. The van der Waals surface area contributed by atoms with Crippen LogP contribution in [-0.4, -0.2) is 27.3 Å². The third-order valence-corrected chi connectivity index (χ3v) is 12.3. The highest BCUT2D eigenvalue weighted by Crippen LogP contribution is 2.40. The lowest BCUT2D eigenvalue weighted by atomic mass is 9.96. The van der Waals surface area contributed by atoms with Crippen molar-refractivity contribution in [1.29, 1.82) is 0 Å². The minimum atomic E-state index is -1.87. The van der Waals surface area contributed by atoms with Crippen LogP contribution in [0.15, 0.2) is 86.4 Å². The van der Waals surface area contributed by atoms with E-state index in [9.17, 15) is 9.59 Å². The number of hydrogen-bond donors (Lipinski definition) is 0. The molecular formula is C33H34O6Si. The van der Waals surface area contributed by atoms with Crippen LogP contribution >= 0.6 is 0 Å². The van der Waals surface area contributed by atoms with E-state index in [1.165, 1.54) is 6.07 Å². The van der Waals surface area contributed by atoms with Crippen molar-refractivity contribution in [2.24, 2.45) is 0 Å². The smallest absolute Gasteiger partial charge is 0.336 e. The van der Waals surface area contributed by atoms with Crippen molar-refractivity contribution >= 4 is 36.0 Å². The molecule has 5 rings (SSSR count). The van der Waals surface area contributed by atoms with E-state index in [1.54, 1.807) is 18.2 Å². The van der Waals surface area contributed by atoms with Gasteiger partial charge >= 0.3 is 5.63 Å². The SMILES string of the molecule is Cc1cc(=O)oc2c1ccc1oc(C(=O)c3cccc(OCCO[Si](C)(C)C(C)(C)C)c3)c(-c3ccccc3)c12. The van der Waals surface area contributed by atoms with Gasteiger partial charge in [0.15, 0.2) is 14.1 Å². The van der Waals surface area contributed by atoms with Crippen molar-refractivity contribution in [2.75, 3.05) is 13.2 Å². The molecular weight excluding hydrogens is 520 g/mol. The molecule has 3 aromatic carbocycles. The van der Waals surface area contributed by atoms with Crippen molar-refractivity contribution in [3.63, 3.8) is 0 Å². The van der Waals surface area contributed by atoms with Crippen molar-refractivity contribution < 1.29 is 22.8 Å². The van der Waals surface area contributed by atoms with Crippen LogP contribution < -0.4 is 10.4 Å². The van der Waals surface area contributed by atoms with E-state index in [2.05, 4.69) is 33.9 Å². The Labute approximate surface area is 234 Å². The van der Waals surface area contributed by atoms with Crippen molar-refractivity contribution in [2.45, 2.75) is 45.8 Å². The van der Waals surface area contributed by atoms with Crippen LogP contribution in [0, 0.1) is 6.92 Å². The molecule has 0 atom stereocenters. The number of fused-ring (bicyclic) bond motifs is 3. The van der Waals surface area contributed by atoms with Crippen LogP contribution in [0.1, 0.15) is 42.5 Å². The average Bonchev–Trinajstić information content (AvgIpc) is 3.31. The van der Waals surface area contributed by atoms with Gasteiger partial charge in [-0.05, 0) is 60.4 Å². The largest absolute Gasteiger partial charge is 0.491 e. The van der Waals surface area contributed by atoms with Gasteiger partial charge in [-0.1, -0.05) is 63.2 Å². The molecule has 0 amide bonds. The maximum Gasteiger partial charge on any atom is 0.336 e. The summed E-state index contributed by atoms with van der Waals surface area (Å²) in [7, 11) is -1.87. The summed E-state index contributed by atoms with van der Waals surface area (Å²) in [5.41, 5.74) is 3.03. The van der Waals surface area contributed by atoms with Gasteiger partial charge in [0.2, 0.25) is 5.78 Å². The van der Waals surface area contributed by atoms with Crippen LogP contribution in [0.4, 0.5) is 0 Å². The summed E-state index contributed by atoms with van der Waals surface area (Å²) < 4.78 is 24.1. The molecule has 0 radical (unpaired) electrons. The van der Waals surface area contributed by atoms with E-state index >= 15 is 0 Å². The van der Waals surface area contributed by atoms with Gasteiger partial charge in [0.25, 0.3) is 0 Å². The molecule has 0 saturated heterocycles. The second kappa shape index (κ2) is 10.6. The summed E-state index contributed by atoms with van der Waals surface area (Å²) in [6.07, 6.45) is 0. The first kappa shape index (κ1) is 27.6. The molecule has 0 unspecified atom stereocenters. The quantitative estimate of drug-likeness (QED) is 0.0833. The van der Waals surface area contributed by atoms with Gasteiger partial charge < -0.3 is 18.0 Å². The van der Waals surface area contributed by atoms with Gasteiger partial charge in [-0.15, -0.1) is 0 Å². The molecule has 0 bridgehead atoms. The number of ether oxygens (including phenoxy) is 1. The lowest BCUT2D eigenvalue weighted by molar-refractivity contribution is 0.101. The normalized spacial score (nSPS) is 12.2. The molecule has 6 nitrogen and oxygen atoms in total. The molecule has 0 N–H and O–H groups in total. The number of hydrogen-bond acceptors (Lipinski definition) is 6. The number of benzene rings is 3. The Morgan fingerprint density at radius 1 is 0.900 bits per heavy atom. The number of carbonyl (C=O) groups is 1. The van der Waals surface area contributed by atoms with Crippen LogP contribution in [0.2, 0.25) is 18.1 Å². The Bertz CT molecular complexity index is 1760.